The minimum Gasteiger partial charge on any atom is -0.446 e. The van der Waals surface area contributed by atoms with Gasteiger partial charge in [0.05, 0.1) is 11.6 Å². The molecule has 1 amide bonds. The van der Waals surface area contributed by atoms with Crippen molar-refractivity contribution in [3.05, 3.63) is 35.4 Å². The summed E-state index contributed by atoms with van der Waals surface area (Å²) in [5.41, 5.74) is -1.37. The number of nitrogens with zero attached hydrogens (tertiary/aromatic N) is 2. The van der Waals surface area contributed by atoms with Crippen LogP contribution in [0.15, 0.2) is 24.3 Å². The topological polar surface area (TPSA) is 115 Å². The predicted octanol–water partition coefficient (Wildman–Crippen LogP) is 6.11. The van der Waals surface area contributed by atoms with Crippen LogP contribution in [0.2, 0.25) is 0 Å². The van der Waals surface area contributed by atoms with Crippen LogP contribution < -0.4 is 10.6 Å². The number of hydroxylamine groups is 4. The number of nitrogens with one attached hydrogen (secondary N) is 2. The van der Waals surface area contributed by atoms with Crippen molar-refractivity contribution in [2.24, 2.45) is 0 Å². The lowest BCUT2D eigenvalue weighted by atomic mass is 9.80. The second-order valence-corrected chi connectivity index (χ2v) is 15.8. The molecule has 2 saturated heterocycles. The molecule has 0 aromatic heterocycles. The third-order valence-corrected chi connectivity index (χ3v) is 8.90. The van der Waals surface area contributed by atoms with Crippen molar-refractivity contribution in [2.45, 2.75) is 154 Å². The summed E-state index contributed by atoms with van der Waals surface area (Å²) in [4.78, 5) is 24.2. The SMILES string of the molecule is CC(C)(NCOOC1CC(C)(C)N([O])C(C)(C)C1)c1ccc(C(C)(C)NC(=O)OC2CC(C)(C)N([O])C(C)(C)C2)cc1. The molecule has 42 heavy (non-hydrogen) atoms. The van der Waals surface area contributed by atoms with Crippen molar-refractivity contribution in [1.82, 2.24) is 20.8 Å². The van der Waals surface area contributed by atoms with Crippen molar-refractivity contribution in [3.8, 4) is 0 Å². The fourth-order valence-electron chi connectivity index (χ4n) is 6.75. The van der Waals surface area contributed by atoms with Crippen molar-refractivity contribution < 1.29 is 29.7 Å². The Morgan fingerprint density at radius 2 is 1.12 bits per heavy atom. The van der Waals surface area contributed by atoms with Crippen LogP contribution in [-0.4, -0.2) is 57.3 Å². The molecule has 0 unspecified atom stereocenters. The van der Waals surface area contributed by atoms with Crippen molar-refractivity contribution in [2.75, 3.05) is 6.73 Å². The normalized spacial score (nSPS) is 23.5. The number of hydrogen-bond donors (Lipinski definition) is 2. The molecule has 2 heterocycles. The molecule has 2 aliphatic rings. The predicted molar refractivity (Wildman–Crippen MR) is 160 cm³/mol. The number of piperidine rings is 2. The Morgan fingerprint density at radius 1 is 0.738 bits per heavy atom. The van der Waals surface area contributed by atoms with E-state index in [-0.39, 0.29) is 18.9 Å². The van der Waals surface area contributed by atoms with Crippen molar-refractivity contribution in [3.63, 3.8) is 0 Å². The van der Waals surface area contributed by atoms with Gasteiger partial charge in [0.25, 0.3) is 0 Å². The van der Waals surface area contributed by atoms with E-state index in [0.717, 1.165) is 16.2 Å². The van der Waals surface area contributed by atoms with Gasteiger partial charge >= 0.3 is 6.09 Å². The van der Waals surface area contributed by atoms with Gasteiger partial charge in [-0.3, -0.25) is 5.32 Å². The summed E-state index contributed by atoms with van der Waals surface area (Å²) in [5.74, 6) is 0. The molecule has 10 heteroatoms. The van der Waals surface area contributed by atoms with E-state index in [1.807, 2.05) is 93.5 Å². The number of rotatable bonds is 9. The van der Waals surface area contributed by atoms with Gasteiger partial charge in [-0.25, -0.2) is 14.6 Å². The van der Waals surface area contributed by atoms with Gasteiger partial charge in [0.15, 0.2) is 0 Å². The number of amides is 1. The van der Waals surface area contributed by atoms with Crippen LogP contribution in [-0.2, 0) is 36.0 Å². The smallest absolute Gasteiger partial charge is 0.408 e. The number of carbonyl (C=O) groups is 1. The quantitative estimate of drug-likeness (QED) is 0.154. The first kappa shape index (κ1) is 34.7. The van der Waals surface area contributed by atoms with Crippen LogP contribution in [0.1, 0.15) is 120 Å². The van der Waals surface area contributed by atoms with Gasteiger partial charge in [-0.05, 0) is 107 Å². The summed E-state index contributed by atoms with van der Waals surface area (Å²) < 4.78 is 5.80. The number of alkyl carbamates (subject to hydrolysis) is 1. The zero-order valence-electron chi connectivity index (χ0n) is 27.8. The van der Waals surface area contributed by atoms with Gasteiger partial charge in [-0.15, -0.1) is 20.5 Å². The van der Waals surface area contributed by atoms with Gasteiger partial charge in [-0.1, -0.05) is 24.3 Å². The van der Waals surface area contributed by atoms with Crippen LogP contribution >= 0.6 is 0 Å². The first-order valence-corrected chi connectivity index (χ1v) is 15.1. The highest BCUT2D eigenvalue weighted by molar-refractivity contribution is 5.69. The first-order chi connectivity index (χ1) is 19.0. The molecule has 2 N–H and O–H groups in total. The molecule has 1 aromatic carbocycles. The largest absolute Gasteiger partial charge is 0.446 e. The van der Waals surface area contributed by atoms with Crippen molar-refractivity contribution in [1.29, 1.82) is 0 Å². The van der Waals surface area contributed by atoms with Crippen LogP contribution in [0.25, 0.3) is 0 Å². The second-order valence-electron chi connectivity index (χ2n) is 15.8. The molecule has 0 bridgehead atoms. The number of ether oxygens (including phenoxy) is 1. The molecule has 0 atom stereocenters. The maximum Gasteiger partial charge on any atom is 0.408 e. The Labute approximate surface area is 252 Å². The molecule has 2 radical (unpaired) electrons. The zero-order valence-corrected chi connectivity index (χ0v) is 27.8. The monoisotopic (exact) mass is 590 g/mol. The standard InChI is InChI=1S/C32H54N4O6/c1-27(2)17-24(18-28(3,4)35(27)38)41-26(37)34-32(11,12)23-15-13-22(14-16-23)31(9,10)33-21-40-42-25-19-29(5,6)36(39)30(7,8)20-25/h13-16,24-25,33H,17-21H2,1-12H3,(H,34,37). The lowest BCUT2D eigenvalue weighted by molar-refractivity contribution is -0.370. The van der Waals surface area contributed by atoms with Gasteiger partial charge in [0.1, 0.15) is 12.8 Å². The highest BCUT2D eigenvalue weighted by Gasteiger charge is 2.48. The van der Waals surface area contributed by atoms with E-state index in [4.69, 9.17) is 14.5 Å². The average molecular weight is 591 g/mol. The van der Waals surface area contributed by atoms with E-state index >= 15 is 0 Å². The minimum atomic E-state index is -0.671. The number of benzene rings is 1. The lowest BCUT2D eigenvalue weighted by Gasteiger charge is -2.49. The number of hydrogen-bond acceptors (Lipinski definition) is 7. The van der Waals surface area contributed by atoms with Crippen LogP contribution in [0.3, 0.4) is 0 Å². The Kier molecular flexibility index (Phi) is 9.87. The fraction of sp³-hybridized carbons (Fsp3) is 0.781. The van der Waals surface area contributed by atoms with E-state index < -0.39 is 39.3 Å². The van der Waals surface area contributed by atoms with Gasteiger partial charge in [0.2, 0.25) is 0 Å². The summed E-state index contributed by atoms with van der Waals surface area (Å²) in [6, 6.07) is 8.06. The molecule has 10 nitrogen and oxygen atoms in total. The molecular weight excluding hydrogens is 536 g/mol. The minimum absolute atomic E-state index is 0.164. The first-order valence-electron chi connectivity index (χ1n) is 15.1. The van der Waals surface area contributed by atoms with E-state index in [1.165, 1.54) is 5.06 Å². The zero-order chi connectivity index (χ0) is 31.9. The van der Waals surface area contributed by atoms with E-state index in [1.54, 1.807) is 0 Å². The molecule has 0 spiro atoms. The fourth-order valence-corrected chi connectivity index (χ4v) is 6.75. The van der Waals surface area contributed by atoms with E-state index in [2.05, 4.69) is 24.5 Å². The third kappa shape index (κ3) is 8.02. The molecule has 0 saturated carbocycles. The van der Waals surface area contributed by atoms with Crippen LogP contribution in [0.4, 0.5) is 4.79 Å². The summed E-state index contributed by atoms with van der Waals surface area (Å²) in [6.45, 7) is 23.5. The number of carbonyl (C=O) groups excluding carboxylic acids is 1. The van der Waals surface area contributed by atoms with Crippen molar-refractivity contribution >= 4 is 6.09 Å². The Hall–Kier alpha value is -1.79. The Balaban J connectivity index is 1.52. The average Bonchev–Trinajstić information content (AvgIpc) is 2.82. The summed E-state index contributed by atoms with van der Waals surface area (Å²) in [6.07, 6.45) is 1.15. The maximum absolute atomic E-state index is 12.9. The summed E-state index contributed by atoms with van der Waals surface area (Å²) in [7, 11) is 0. The maximum atomic E-state index is 12.9. The second kappa shape index (κ2) is 12.0. The Bertz CT molecular complexity index is 1050. The summed E-state index contributed by atoms with van der Waals surface area (Å²) in [5, 5.41) is 33.9. The highest BCUT2D eigenvalue weighted by Crippen LogP contribution is 2.39. The van der Waals surface area contributed by atoms with Gasteiger partial charge in [-0.2, -0.15) is 0 Å². The summed E-state index contributed by atoms with van der Waals surface area (Å²) >= 11 is 0. The molecule has 0 aliphatic carbocycles. The molecule has 238 valence electrons. The van der Waals surface area contributed by atoms with Gasteiger partial charge in [0, 0.05) is 40.5 Å². The van der Waals surface area contributed by atoms with Crippen LogP contribution in [0, 0.1) is 0 Å². The van der Waals surface area contributed by atoms with E-state index in [9.17, 15) is 15.2 Å². The third-order valence-electron chi connectivity index (χ3n) is 8.90. The molecular formula is C32H54N4O6. The van der Waals surface area contributed by atoms with Crippen LogP contribution in [0.5, 0.6) is 0 Å². The molecule has 2 fully saturated rings. The lowest BCUT2D eigenvalue weighted by Crippen LogP contribution is -2.60. The highest BCUT2D eigenvalue weighted by atomic mass is 17.2. The molecule has 3 rings (SSSR count). The van der Waals surface area contributed by atoms with Gasteiger partial charge < -0.3 is 10.1 Å². The molecule has 1 aromatic rings. The molecule has 2 aliphatic heterocycles. The Morgan fingerprint density at radius 3 is 1.55 bits per heavy atom. The van der Waals surface area contributed by atoms with E-state index in [0.29, 0.717) is 25.7 Å².